The molecule has 3 heteroatoms. The maximum atomic E-state index is 11.5. The predicted molar refractivity (Wildman–Crippen MR) is 61.9 cm³/mol. The first kappa shape index (κ1) is 11.0. The first-order valence-corrected chi connectivity index (χ1v) is 6.42. The van der Waals surface area contributed by atoms with Crippen LogP contribution in [-0.2, 0) is 14.3 Å². The van der Waals surface area contributed by atoms with Crippen LogP contribution in [0.1, 0.15) is 39.5 Å². The molecule has 0 spiro atoms. The summed E-state index contributed by atoms with van der Waals surface area (Å²) in [5.41, 5.74) is 1.77. The summed E-state index contributed by atoms with van der Waals surface area (Å²) in [6.45, 7) is 4.63. The first-order valence-electron chi connectivity index (χ1n) is 6.42. The predicted octanol–water partition coefficient (Wildman–Crippen LogP) is 2.46. The number of hydrogen-bond acceptors (Lipinski definition) is 3. The van der Waals surface area contributed by atoms with Crippen molar-refractivity contribution in [3.05, 3.63) is 11.6 Å². The van der Waals surface area contributed by atoms with Gasteiger partial charge in [-0.15, -0.1) is 0 Å². The number of hydrogen-bond donors (Lipinski definition) is 0. The van der Waals surface area contributed by atoms with Gasteiger partial charge in [-0.05, 0) is 36.5 Å². The number of carbonyl (C=O) groups is 2. The Bertz CT molecular complexity index is 419. The molecule has 0 aromatic rings. The molecule has 0 aromatic heterocycles. The van der Waals surface area contributed by atoms with Crippen LogP contribution in [0.15, 0.2) is 11.6 Å². The minimum absolute atomic E-state index is 0.221. The van der Waals surface area contributed by atoms with Crippen LogP contribution in [0.4, 0.5) is 0 Å². The lowest BCUT2D eigenvalue weighted by atomic mass is 9.48. The Labute approximate surface area is 101 Å². The van der Waals surface area contributed by atoms with Gasteiger partial charge in [0.1, 0.15) is 0 Å². The summed E-state index contributed by atoms with van der Waals surface area (Å²) in [5, 5.41) is 0. The second-order valence-electron chi connectivity index (χ2n) is 6.22. The Kier molecular flexibility index (Phi) is 2.22. The molecule has 17 heavy (non-hydrogen) atoms. The number of fused-ring (bicyclic) bond motifs is 1. The molecule has 0 radical (unpaired) electrons. The number of cyclic esters (lactones) is 2. The summed E-state index contributed by atoms with van der Waals surface area (Å²) < 4.78 is 4.61. The van der Waals surface area contributed by atoms with Gasteiger partial charge in [0.05, 0.1) is 12.3 Å². The van der Waals surface area contributed by atoms with Crippen LogP contribution in [0.5, 0.6) is 0 Å². The van der Waals surface area contributed by atoms with Gasteiger partial charge in [-0.25, -0.2) is 0 Å². The summed E-state index contributed by atoms with van der Waals surface area (Å²) in [4.78, 5) is 22.5. The summed E-state index contributed by atoms with van der Waals surface area (Å²) in [6.07, 6.45) is 5.68. The number of carbonyl (C=O) groups excluding carboxylic acids is 2. The molecule has 1 heterocycles. The highest BCUT2D eigenvalue weighted by Gasteiger charge is 2.51. The third-order valence-electron chi connectivity index (χ3n) is 5.03. The van der Waals surface area contributed by atoms with E-state index in [1.807, 2.05) is 0 Å². The highest BCUT2D eigenvalue weighted by Crippen LogP contribution is 2.60. The monoisotopic (exact) mass is 234 g/mol. The van der Waals surface area contributed by atoms with E-state index in [0.29, 0.717) is 11.3 Å². The van der Waals surface area contributed by atoms with Gasteiger partial charge < -0.3 is 4.74 Å². The molecule has 92 valence electrons. The fraction of sp³-hybridized carbons (Fsp3) is 0.714. The maximum absolute atomic E-state index is 11.5. The zero-order valence-electron chi connectivity index (χ0n) is 10.4. The van der Waals surface area contributed by atoms with Crippen molar-refractivity contribution in [2.45, 2.75) is 39.5 Å². The molecule has 3 atom stereocenters. The Hall–Kier alpha value is -1.12. The van der Waals surface area contributed by atoms with E-state index in [1.54, 1.807) is 0 Å². The van der Waals surface area contributed by atoms with Crippen molar-refractivity contribution in [2.75, 3.05) is 0 Å². The molecule has 4 rings (SSSR count). The van der Waals surface area contributed by atoms with E-state index in [9.17, 15) is 9.59 Å². The highest BCUT2D eigenvalue weighted by atomic mass is 16.6. The molecule has 1 saturated heterocycles. The Morgan fingerprint density at radius 2 is 2.18 bits per heavy atom. The van der Waals surface area contributed by atoms with Gasteiger partial charge in [-0.1, -0.05) is 25.5 Å². The zero-order chi connectivity index (χ0) is 12.2. The van der Waals surface area contributed by atoms with Gasteiger partial charge in [0.2, 0.25) is 0 Å². The summed E-state index contributed by atoms with van der Waals surface area (Å²) in [7, 11) is 0. The summed E-state index contributed by atoms with van der Waals surface area (Å²) >= 11 is 0. The van der Waals surface area contributed by atoms with Crippen molar-refractivity contribution < 1.29 is 14.3 Å². The van der Waals surface area contributed by atoms with E-state index < -0.39 is 0 Å². The topological polar surface area (TPSA) is 43.4 Å². The first-order chi connectivity index (χ1) is 7.98. The van der Waals surface area contributed by atoms with Crippen LogP contribution >= 0.6 is 0 Å². The van der Waals surface area contributed by atoms with Crippen LogP contribution in [0.25, 0.3) is 0 Å². The quantitative estimate of drug-likeness (QED) is 0.419. The Balaban J connectivity index is 1.72. The standard InChI is InChI=1S/C14H18O3/c1-14(2)10-4-3-8(11(14)7-10)5-9-6-12(15)17-13(9)16/h3,9-11H,4-7H2,1-2H3/t9-,10-,11-/m1/s1. The van der Waals surface area contributed by atoms with Gasteiger partial charge in [-0.2, -0.15) is 0 Å². The van der Waals surface area contributed by atoms with Crippen LogP contribution in [0.3, 0.4) is 0 Å². The number of rotatable bonds is 2. The van der Waals surface area contributed by atoms with E-state index in [2.05, 4.69) is 24.7 Å². The molecule has 2 bridgehead atoms. The molecule has 0 unspecified atom stereocenters. The van der Waals surface area contributed by atoms with Crippen molar-refractivity contribution in [3.63, 3.8) is 0 Å². The molecule has 0 N–H and O–H groups in total. The van der Waals surface area contributed by atoms with Gasteiger partial charge in [0.15, 0.2) is 0 Å². The van der Waals surface area contributed by atoms with E-state index >= 15 is 0 Å². The highest BCUT2D eigenvalue weighted by molar-refractivity contribution is 5.94. The second kappa shape index (κ2) is 3.44. The van der Waals surface area contributed by atoms with Crippen molar-refractivity contribution >= 4 is 11.9 Å². The van der Waals surface area contributed by atoms with E-state index in [0.717, 1.165) is 18.8 Å². The lowest BCUT2D eigenvalue weighted by Gasteiger charge is -2.56. The third-order valence-corrected chi connectivity index (χ3v) is 5.03. The normalized spacial score (nSPS) is 38.5. The summed E-state index contributed by atoms with van der Waals surface area (Å²) in [6, 6.07) is 0. The zero-order valence-corrected chi connectivity index (χ0v) is 10.4. The van der Waals surface area contributed by atoms with Crippen LogP contribution in [0, 0.1) is 23.2 Å². The molecule has 0 aromatic carbocycles. The largest absolute Gasteiger partial charge is 0.393 e. The van der Waals surface area contributed by atoms with Gasteiger partial charge >= 0.3 is 11.9 Å². The minimum Gasteiger partial charge on any atom is -0.393 e. The van der Waals surface area contributed by atoms with Gasteiger partial charge in [0, 0.05) is 0 Å². The van der Waals surface area contributed by atoms with Crippen molar-refractivity contribution in [3.8, 4) is 0 Å². The van der Waals surface area contributed by atoms with Crippen LogP contribution in [0.2, 0.25) is 0 Å². The lowest BCUT2D eigenvalue weighted by molar-refractivity contribution is -0.153. The smallest absolute Gasteiger partial charge is 0.317 e. The number of esters is 2. The maximum Gasteiger partial charge on any atom is 0.317 e. The molecule has 0 amide bonds. The van der Waals surface area contributed by atoms with Crippen molar-refractivity contribution in [1.29, 1.82) is 0 Å². The number of ether oxygens (including phenoxy) is 1. The molecule has 1 saturated carbocycles. The molecule has 3 nitrogen and oxygen atoms in total. The van der Waals surface area contributed by atoms with E-state index in [1.165, 1.54) is 12.0 Å². The lowest BCUT2D eigenvalue weighted by Crippen LogP contribution is -2.48. The molecule has 3 aliphatic carbocycles. The average molecular weight is 234 g/mol. The van der Waals surface area contributed by atoms with E-state index in [4.69, 9.17) is 0 Å². The molecular formula is C14H18O3. The summed E-state index contributed by atoms with van der Waals surface area (Å²) in [5.74, 6) is 0.525. The Morgan fingerprint density at radius 1 is 1.41 bits per heavy atom. The fourth-order valence-electron chi connectivity index (χ4n) is 3.67. The fourth-order valence-corrected chi connectivity index (χ4v) is 3.67. The molecular weight excluding hydrogens is 216 g/mol. The third kappa shape index (κ3) is 1.55. The molecule has 4 aliphatic rings. The average Bonchev–Trinajstić information content (AvgIpc) is 2.57. The van der Waals surface area contributed by atoms with Crippen LogP contribution in [-0.4, -0.2) is 11.9 Å². The SMILES string of the molecule is CC1(C)[C@@H]2CC=C(C[C@@H]3CC(=O)OC3=O)[C@H]1C2. The molecule has 1 aliphatic heterocycles. The van der Waals surface area contributed by atoms with Gasteiger partial charge in [0.25, 0.3) is 0 Å². The number of allylic oxidation sites excluding steroid dienone is 2. The Morgan fingerprint density at radius 3 is 2.71 bits per heavy atom. The van der Waals surface area contributed by atoms with Gasteiger partial charge in [-0.3, -0.25) is 9.59 Å². The molecule has 2 fully saturated rings. The van der Waals surface area contributed by atoms with Crippen molar-refractivity contribution in [2.24, 2.45) is 23.2 Å². The van der Waals surface area contributed by atoms with Crippen LogP contribution < -0.4 is 0 Å². The second-order valence-corrected chi connectivity index (χ2v) is 6.22. The van der Waals surface area contributed by atoms with E-state index in [-0.39, 0.29) is 24.3 Å². The van der Waals surface area contributed by atoms with Crippen molar-refractivity contribution in [1.82, 2.24) is 0 Å². The minimum atomic E-state index is -0.359.